The van der Waals surface area contributed by atoms with Gasteiger partial charge in [0.15, 0.2) is 0 Å². The molecule has 1 N–H and O–H groups in total. The number of rotatable bonds is 13. The molecule has 0 aromatic heterocycles. The lowest BCUT2D eigenvalue weighted by Gasteiger charge is -2.32. The fourth-order valence-electron chi connectivity index (χ4n) is 2.75. The van der Waals surface area contributed by atoms with Crippen molar-refractivity contribution in [1.82, 2.24) is 4.90 Å². The van der Waals surface area contributed by atoms with Crippen molar-refractivity contribution in [3.63, 3.8) is 0 Å². The number of hydrogen-bond acceptors (Lipinski definition) is 6. The van der Waals surface area contributed by atoms with Gasteiger partial charge in [-0.1, -0.05) is 74.5 Å². The number of amides is 1. The molecule has 2 aromatic rings. The largest absolute Gasteiger partial charge is 0.475 e. The maximum Gasteiger partial charge on any atom is 0.475 e. The average molecular weight is 474 g/mol. The fraction of sp³-hybridized carbons (Fsp3) is 0.417. The van der Waals surface area contributed by atoms with E-state index in [0.29, 0.717) is 0 Å². The Hall–Kier alpha value is -2.53. The van der Waals surface area contributed by atoms with Gasteiger partial charge in [0, 0.05) is 12.5 Å². The monoisotopic (exact) mass is 474 g/mol. The predicted octanol–water partition coefficient (Wildman–Crippen LogP) is 4.31. The number of likely N-dealkylation sites (N-methyl/N-ethyl adjacent to an activating group) is 1. The molecule has 0 radical (unpaired) electrons. The van der Waals surface area contributed by atoms with Crippen molar-refractivity contribution in [3.8, 4) is 0 Å². The Bertz CT molecular complexity index is 914. The summed E-state index contributed by atoms with van der Waals surface area (Å²) < 4.78 is 30.1. The molecular weight excluding hydrogens is 443 g/mol. The smallest absolute Gasteiger partial charge is 0.383 e. The van der Waals surface area contributed by atoms with Crippen LogP contribution in [0.2, 0.25) is 0 Å². The summed E-state index contributed by atoms with van der Waals surface area (Å²) in [7, 11) is -2.52. The number of phosphoric ester groups is 1. The SMILES string of the molecule is [C-]#[N+]CCN(C)C(=O)[C@H](O)C(C)(C)COP(=O)(OCc1ccccc1)OCc1ccccc1. The molecule has 9 heteroatoms. The van der Waals surface area contributed by atoms with Crippen LogP contribution in [0.3, 0.4) is 0 Å². The third kappa shape index (κ3) is 8.73. The van der Waals surface area contributed by atoms with Crippen molar-refractivity contribution in [2.45, 2.75) is 33.2 Å². The van der Waals surface area contributed by atoms with E-state index in [1.54, 1.807) is 13.8 Å². The minimum atomic E-state index is -4.03. The summed E-state index contributed by atoms with van der Waals surface area (Å²) in [5.41, 5.74) is 0.492. The molecule has 178 valence electrons. The van der Waals surface area contributed by atoms with Gasteiger partial charge >= 0.3 is 7.82 Å². The van der Waals surface area contributed by atoms with Crippen LogP contribution in [0.5, 0.6) is 0 Å². The van der Waals surface area contributed by atoms with Gasteiger partial charge in [-0.15, -0.1) is 0 Å². The highest BCUT2D eigenvalue weighted by Gasteiger charge is 2.39. The summed E-state index contributed by atoms with van der Waals surface area (Å²) in [4.78, 5) is 17.0. The summed E-state index contributed by atoms with van der Waals surface area (Å²) >= 11 is 0. The van der Waals surface area contributed by atoms with Crippen LogP contribution in [0.15, 0.2) is 60.7 Å². The average Bonchev–Trinajstić information content (AvgIpc) is 2.84. The van der Waals surface area contributed by atoms with Crippen molar-refractivity contribution in [1.29, 1.82) is 0 Å². The summed E-state index contributed by atoms with van der Waals surface area (Å²) in [5, 5.41) is 10.6. The highest BCUT2D eigenvalue weighted by atomic mass is 31.2. The van der Waals surface area contributed by atoms with E-state index in [1.165, 1.54) is 11.9 Å². The van der Waals surface area contributed by atoms with Crippen LogP contribution < -0.4 is 0 Å². The van der Waals surface area contributed by atoms with Crippen LogP contribution in [-0.4, -0.2) is 48.8 Å². The molecule has 33 heavy (non-hydrogen) atoms. The zero-order valence-electron chi connectivity index (χ0n) is 19.2. The van der Waals surface area contributed by atoms with Crippen LogP contribution in [0, 0.1) is 12.0 Å². The van der Waals surface area contributed by atoms with Crippen molar-refractivity contribution in [3.05, 3.63) is 83.2 Å². The van der Waals surface area contributed by atoms with E-state index in [0.717, 1.165) is 11.1 Å². The Morgan fingerprint density at radius 2 is 1.52 bits per heavy atom. The van der Waals surface area contributed by atoms with Gasteiger partial charge in [0.2, 0.25) is 6.54 Å². The number of nitrogens with zero attached hydrogens (tertiary/aromatic N) is 2. The molecule has 0 bridgehead atoms. The lowest BCUT2D eigenvalue weighted by Crippen LogP contribution is -2.47. The third-order valence-corrected chi connectivity index (χ3v) is 6.29. The van der Waals surface area contributed by atoms with Crippen LogP contribution in [0.25, 0.3) is 4.85 Å². The summed E-state index contributed by atoms with van der Waals surface area (Å²) in [6.07, 6.45) is -1.43. The van der Waals surface area contributed by atoms with E-state index in [2.05, 4.69) is 4.85 Å². The molecule has 0 aliphatic rings. The highest BCUT2D eigenvalue weighted by molar-refractivity contribution is 7.48. The van der Waals surface area contributed by atoms with Crippen molar-refractivity contribution < 1.29 is 28.0 Å². The Morgan fingerprint density at radius 3 is 1.97 bits per heavy atom. The van der Waals surface area contributed by atoms with Gasteiger partial charge in [-0.05, 0) is 11.1 Å². The summed E-state index contributed by atoms with van der Waals surface area (Å²) in [5.74, 6) is -0.544. The minimum absolute atomic E-state index is 0.00812. The molecule has 0 fully saturated rings. The number of benzene rings is 2. The molecule has 0 heterocycles. The second-order valence-corrected chi connectivity index (χ2v) is 9.94. The van der Waals surface area contributed by atoms with Gasteiger partial charge in [0.1, 0.15) is 6.10 Å². The quantitative estimate of drug-likeness (QED) is 0.344. The van der Waals surface area contributed by atoms with Crippen molar-refractivity contribution in [2.24, 2.45) is 5.41 Å². The Morgan fingerprint density at radius 1 is 1.03 bits per heavy atom. The van der Waals surface area contributed by atoms with Gasteiger partial charge in [-0.3, -0.25) is 18.4 Å². The van der Waals surface area contributed by atoms with E-state index >= 15 is 0 Å². The highest BCUT2D eigenvalue weighted by Crippen LogP contribution is 2.52. The molecule has 0 spiro atoms. The summed E-state index contributed by atoms with van der Waals surface area (Å²) in [6, 6.07) is 18.4. The standard InChI is InChI=1S/C24H31N2O6P/c1-24(2,22(27)23(28)26(4)16-15-25-3)19-32-33(29,30-17-20-11-7-5-8-12-20)31-18-21-13-9-6-10-14-21/h5-14,22,27H,15-19H2,1-2,4H3/t22-/m0/s1. The third-order valence-electron chi connectivity index (χ3n) is 4.96. The molecule has 0 unspecified atom stereocenters. The zero-order chi connectivity index (χ0) is 24.3. The van der Waals surface area contributed by atoms with Crippen molar-refractivity contribution >= 4 is 13.7 Å². The number of carbonyl (C=O) groups is 1. The first-order valence-electron chi connectivity index (χ1n) is 10.5. The van der Waals surface area contributed by atoms with E-state index < -0.39 is 25.2 Å². The lowest BCUT2D eigenvalue weighted by molar-refractivity contribution is -0.146. The topological polar surface area (TPSA) is 89.7 Å². The first kappa shape index (κ1) is 26.7. The van der Waals surface area contributed by atoms with Crippen LogP contribution in [0.4, 0.5) is 0 Å². The van der Waals surface area contributed by atoms with Gasteiger partial charge in [-0.25, -0.2) is 11.1 Å². The van der Waals surface area contributed by atoms with Gasteiger partial charge in [-0.2, -0.15) is 0 Å². The molecule has 2 rings (SSSR count). The molecule has 1 atom stereocenters. The molecule has 0 aliphatic heterocycles. The van der Waals surface area contributed by atoms with E-state index in [1.807, 2.05) is 60.7 Å². The molecule has 0 saturated carbocycles. The lowest BCUT2D eigenvalue weighted by atomic mass is 9.87. The molecule has 8 nitrogen and oxygen atoms in total. The summed E-state index contributed by atoms with van der Waals surface area (Å²) in [6.45, 7) is 10.2. The molecule has 0 saturated heterocycles. The van der Waals surface area contributed by atoms with E-state index in [9.17, 15) is 14.5 Å². The number of hydrogen-bond donors (Lipinski definition) is 1. The number of carbonyl (C=O) groups excluding carboxylic acids is 1. The minimum Gasteiger partial charge on any atom is -0.383 e. The zero-order valence-corrected chi connectivity index (χ0v) is 20.1. The maximum atomic E-state index is 13.4. The molecule has 0 aliphatic carbocycles. The second kappa shape index (κ2) is 12.6. The van der Waals surface area contributed by atoms with Crippen molar-refractivity contribution in [2.75, 3.05) is 26.7 Å². The van der Waals surface area contributed by atoms with Crippen LogP contribution >= 0.6 is 7.82 Å². The molecule has 1 amide bonds. The van der Waals surface area contributed by atoms with E-state index in [-0.39, 0.29) is 32.9 Å². The molecule has 2 aromatic carbocycles. The first-order valence-corrected chi connectivity index (χ1v) is 12.0. The Labute approximate surface area is 195 Å². The number of aliphatic hydroxyl groups is 1. The normalized spacial score (nSPS) is 12.7. The fourth-order valence-corrected chi connectivity index (χ4v) is 4.07. The van der Waals surface area contributed by atoms with Crippen LogP contribution in [0.1, 0.15) is 25.0 Å². The van der Waals surface area contributed by atoms with E-state index in [4.69, 9.17) is 20.1 Å². The molecular formula is C24H31N2O6P. The van der Waals surface area contributed by atoms with Crippen LogP contribution in [-0.2, 0) is 36.1 Å². The van der Waals surface area contributed by atoms with Gasteiger partial charge < -0.3 is 14.9 Å². The Balaban J connectivity index is 2.07. The predicted molar refractivity (Wildman–Crippen MR) is 125 cm³/mol. The number of aliphatic hydroxyl groups excluding tert-OH is 1. The van der Waals surface area contributed by atoms with Gasteiger partial charge in [0.05, 0.1) is 26.4 Å². The second-order valence-electron chi connectivity index (χ2n) is 8.27. The Kier molecular flexibility index (Phi) is 10.2. The number of phosphoric acid groups is 1. The maximum absolute atomic E-state index is 13.4. The van der Waals surface area contributed by atoms with Gasteiger partial charge in [0.25, 0.3) is 5.91 Å². The first-order chi connectivity index (χ1) is 15.7.